The van der Waals surface area contributed by atoms with E-state index in [1.807, 2.05) is 54.7 Å². The monoisotopic (exact) mass is 418 g/mol. The number of imide groups is 1. The van der Waals surface area contributed by atoms with E-state index in [9.17, 15) is 9.59 Å². The highest BCUT2D eigenvalue weighted by Crippen LogP contribution is 2.28. The first kappa shape index (κ1) is 21.3. The molecule has 2 amide bonds. The SMILES string of the molecule is CCC(COCc1ccccc1)CC1CC(=O)N(CCc2c[nH]c3ccccc23)C1=O. The van der Waals surface area contributed by atoms with Crippen molar-refractivity contribution in [3.63, 3.8) is 0 Å². The molecule has 1 fully saturated rings. The van der Waals surface area contributed by atoms with Crippen LogP contribution in [-0.2, 0) is 27.4 Å². The third kappa shape index (κ3) is 5.05. The molecule has 3 aromatic rings. The van der Waals surface area contributed by atoms with E-state index < -0.39 is 0 Å². The number of rotatable bonds is 10. The van der Waals surface area contributed by atoms with Crippen molar-refractivity contribution in [2.75, 3.05) is 13.2 Å². The maximum Gasteiger partial charge on any atom is 0.232 e. The highest BCUT2D eigenvalue weighted by molar-refractivity contribution is 6.03. The van der Waals surface area contributed by atoms with Gasteiger partial charge < -0.3 is 9.72 Å². The Morgan fingerprint density at radius 1 is 1.10 bits per heavy atom. The van der Waals surface area contributed by atoms with Crippen molar-refractivity contribution >= 4 is 22.7 Å². The fourth-order valence-electron chi connectivity index (χ4n) is 4.41. The number of ether oxygens (including phenoxy) is 1. The van der Waals surface area contributed by atoms with Crippen LogP contribution in [0.4, 0.5) is 0 Å². The molecule has 0 saturated carbocycles. The van der Waals surface area contributed by atoms with Crippen molar-refractivity contribution in [3.8, 4) is 0 Å². The number of nitrogens with zero attached hydrogens (tertiary/aromatic N) is 1. The predicted octanol–water partition coefficient (Wildman–Crippen LogP) is 4.72. The van der Waals surface area contributed by atoms with E-state index in [4.69, 9.17) is 4.74 Å². The van der Waals surface area contributed by atoms with Crippen molar-refractivity contribution in [2.24, 2.45) is 11.8 Å². The molecular weight excluding hydrogens is 388 g/mol. The second-order valence-corrected chi connectivity index (χ2v) is 8.40. The Morgan fingerprint density at radius 2 is 1.87 bits per heavy atom. The summed E-state index contributed by atoms with van der Waals surface area (Å²) < 4.78 is 5.90. The number of nitrogens with one attached hydrogen (secondary N) is 1. The first-order valence-corrected chi connectivity index (χ1v) is 11.2. The summed E-state index contributed by atoms with van der Waals surface area (Å²) in [4.78, 5) is 30.2. The Hall–Kier alpha value is -2.92. The van der Waals surface area contributed by atoms with Gasteiger partial charge in [-0.3, -0.25) is 14.5 Å². The van der Waals surface area contributed by atoms with Gasteiger partial charge in [-0.15, -0.1) is 0 Å². The van der Waals surface area contributed by atoms with Crippen molar-refractivity contribution in [1.82, 2.24) is 9.88 Å². The Morgan fingerprint density at radius 3 is 2.68 bits per heavy atom. The molecule has 0 aliphatic carbocycles. The minimum Gasteiger partial charge on any atom is -0.376 e. The van der Waals surface area contributed by atoms with E-state index in [1.54, 1.807) is 0 Å². The Labute approximate surface area is 183 Å². The van der Waals surface area contributed by atoms with Crippen molar-refractivity contribution in [1.29, 1.82) is 0 Å². The van der Waals surface area contributed by atoms with Gasteiger partial charge in [-0.1, -0.05) is 61.9 Å². The van der Waals surface area contributed by atoms with Crippen LogP contribution in [0.5, 0.6) is 0 Å². The lowest BCUT2D eigenvalue weighted by Gasteiger charge is -2.19. The number of para-hydroxylation sites is 1. The van der Waals surface area contributed by atoms with Gasteiger partial charge in [0, 0.05) is 42.6 Å². The van der Waals surface area contributed by atoms with E-state index in [-0.39, 0.29) is 23.7 Å². The zero-order valence-corrected chi connectivity index (χ0v) is 18.0. The smallest absolute Gasteiger partial charge is 0.232 e. The maximum absolute atomic E-state index is 12.9. The van der Waals surface area contributed by atoms with E-state index in [0.717, 1.165) is 28.5 Å². The average molecular weight is 419 g/mol. The number of hydrogen-bond donors (Lipinski definition) is 1. The molecule has 5 nitrogen and oxygen atoms in total. The number of likely N-dealkylation sites (tertiary alicyclic amines) is 1. The molecule has 0 radical (unpaired) electrons. The van der Waals surface area contributed by atoms with Gasteiger partial charge >= 0.3 is 0 Å². The van der Waals surface area contributed by atoms with Crippen LogP contribution < -0.4 is 0 Å². The molecule has 31 heavy (non-hydrogen) atoms. The second kappa shape index (κ2) is 9.92. The Balaban J connectivity index is 1.29. The first-order chi connectivity index (χ1) is 15.2. The quantitative estimate of drug-likeness (QED) is 0.485. The Kier molecular flexibility index (Phi) is 6.82. The van der Waals surface area contributed by atoms with Crippen molar-refractivity contribution in [3.05, 3.63) is 71.9 Å². The molecule has 2 atom stereocenters. The largest absolute Gasteiger partial charge is 0.376 e. The lowest BCUT2D eigenvalue weighted by molar-refractivity contribution is -0.139. The van der Waals surface area contributed by atoms with Crippen molar-refractivity contribution < 1.29 is 14.3 Å². The zero-order valence-electron chi connectivity index (χ0n) is 18.0. The number of carbonyl (C=O) groups is 2. The van der Waals surface area contributed by atoms with Gasteiger partial charge in [0.2, 0.25) is 11.8 Å². The minimum absolute atomic E-state index is 0.0219. The maximum atomic E-state index is 12.9. The molecule has 0 bridgehead atoms. The van der Waals surface area contributed by atoms with Gasteiger partial charge in [0.05, 0.1) is 6.61 Å². The zero-order chi connectivity index (χ0) is 21.6. The highest BCUT2D eigenvalue weighted by atomic mass is 16.5. The number of fused-ring (bicyclic) bond motifs is 1. The topological polar surface area (TPSA) is 62.4 Å². The molecule has 0 spiro atoms. The molecule has 1 saturated heterocycles. The van der Waals surface area contributed by atoms with Crippen molar-refractivity contribution in [2.45, 2.75) is 39.2 Å². The van der Waals surface area contributed by atoms with Crippen LogP contribution in [0.3, 0.4) is 0 Å². The van der Waals surface area contributed by atoms with E-state index >= 15 is 0 Å². The van der Waals surface area contributed by atoms with Gasteiger partial charge in [0.1, 0.15) is 0 Å². The summed E-state index contributed by atoms with van der Waals surface area (Å²) in [5, 5.41) is 1.15. The molecule has 1 aromatic heterocycles. The summed E-state index contributed by atoms with van der Waals surface area (Å²) in [6.07, 6.45) is 4.61. The van der Waals surface area contributed by atoms with Gasteiger partial charge in [-0.05, 0) is 36.0 Å². The molecule has 5 heteroatoms. The fraction of sp³-hybridized carbons (Fsp3) is 0.385. The summed E-state index contributed by atoms with van der Waals surface area (Å²) in [6.45, 7) is 3.74. The van der Waals surface area contributed by atoms with Crippen LogP contribution in [0.2, 0.25) is 0 Å². The summed E-state index contributed by atoms with van der Waals surface area (Å²) in [6, 6.07) is 18.2. The van der Waals surface area contributed by atoms with Gasteiger partial charge in [0.25, 0.3) is 0 Å². The molecule has 2 unspecified atom stereocenters. The molecular formula is C26H30N2O3. The molecule has 2 heterocycles. The molecule has 2 aromatic carbocycles. The second-order valence-electron chi connectivity index (χ2n) is 8.40. The number of amides is 2. The first-order valence-electron chi connectivity index (χ1n) is 11.2. The Bertz CT molecular complexity index is 1030. The van der Waals surface area contributed by atoms with Crippen LogP contribution in [0.15, 0.2) is 60.8 Å². The van der Waals surface area contributed by atoms with E-state index in [0.29, 0.717) is 39.0 Å². The fourth-order valence-corrected chi connectivity index (χ4v) is 4.41. The van der Waals surface area contributed by atoms with Crippen LogP contribution in [0, 0.1) is 11.8 Å². The van der Waals surface area contributed by atoms with Gasteiger partial charge in [0.15, 0.2) is 0 Å². The normalized spacial score (nSPS) is 17.6. The lowest BCUT2D eigenvalue weighted by Crippen LogP contribution is -2.33. The average Bonchev–Trinajstić information content (AvgIpc) is 3.32. The summed E-state index contributed by atoms with van der Waals surface area (Å²) in [5.41, 5.74) is 3.36. The predicted molar refractivity (Wildman–Crippen MR) is 121 cm³/mol. The van der Waals surface area contributed by atoms with Crippen LogP contribution in [0.25, 0.3) is 10.9 Å². The lowest BCUT2D eigenvalue weighted by atomic mass is 9.92. The van der Waals surface area contributed by atoms with Crippen LogP contribution in [0.1, 0.15) is 37.3 Å². The molecule has 1 aliphatic rings. The number of benzene rings is 2. The summed E-state index contributed by atoms with van der Waals surface area (Å²) >= 11 is 0. The number of carbonyl (C=O) groups excluding carboxylic acids is 2. The van der Waals surface area contributed by atoms with E-state index in [1.165, 1.54) is 4.90 Å². The molecule has 4 rings (SSSR count). The minimum atomic E-state index is -0.222. The number of aromatic nitrogens is 1. The number of hydrogen-bond acceptors (Lipinski definition) is 3. The van der Waals surface area contributed by atoms with Crippen LogP contribution in [-0.4, -0.2) is 34.8 Å². The molecule has 1 aliphatic heterocycles. The van der Waals surface area contributed by atoms with Crippen LogP contribution >= 0.6 is 0 Å². The summed E-state index contributed by atoms with van der Waals surface area (Å²) in [5.74, 6) is -0.0129. The number of H-pyrrole nitrogens is 1. The summed E-state index contributed by atoms with van der Waals surface area (Å²) in [7, 11) is 0. The molecule has 162 valence electrons. The highest BCUT2D eigenvalue weighted by Gasteiger charge is 2.39. The number of aromatic amines is 1. The standard InChI is InChI=1S/C26H30N2O3/c1-2-19(17-31-18-20-8-4-3-5-9-20)14-22-15-25(29)28(26(22)30)13-12-21-16-27-24-11-7-6-10-23(21)24/h3-11,16,19,22,27H,2,12-15,17-18H2,1H3. The van der Waals surface area contributed by atoms with E-state index in [2.05, 4.69) is 18.0 Å². The van der Waals surface area contributed by atoms with Gasteiger partial charge in [-0.2, -0.15) is 0 Å². The molecule has 1 N–H and O–H groups in total. The third-order valence-corrected chi connectivity index (χ3v) is 6.28. The van der Waals surface area contributed by atoms with Gasteiger partial charge in [-0.25, -0.2) is 0 Å². The third-order valence-electron chi connectivity index (χ3n) is 6.28.